The van der Waals surface area contributed by atoms with Gasteiger partial charge in [-0.3, -0.25) is 14.9 Å². The predicted molar refractivity (Wildman–Crippen MR) is 96.8 cm³/mol. The molecule has 1 aliphatic carbocycles. The van der Waals surface area contributed by atoms with Crippen LogP contribution in [0, 0.1) is 11.8 Å². The fraction of sp³-hybridized carbons (Fsp3) is 0.444. The highest BCUT2D eigenvalue weighted by Gasteiger charge is 2.32. The second kappa shape index (κ2) is 8.57. The van der Waals surface area contributed by atoms with Crippen LogP contribution in [-0.2, 0) is 22.7 Å². The van der Waals surface area contributed by atoms with Crippen LogP contribution in [-0.4, -0.2) is 33.1 Å². The van der Waals surface area contributed by atoms with Gasteiger partial charge in [0, 0.05) is 12.5 Å². The van der Waals surface area contributed by atoms with E-state index in [0.717, 1.165) is 24.8 Å². The molecule has 1 fully saturated rings. The van der Waals surface area contributed by atoms with Crippen molar-refractivity contribution < 1.29 is 9.59 Å². The summed E-state index contributed by atoms with van der Waals surface area (Å²) in [5.41, 5.74) is 6.75. The van der Waals surface area contributed by atoms with Crippen molar-refractivity contribution in [2.45, 2.75) is 32.4 Å². The number of rotatable bonds is 7. The largest absolute Gasteiger partial charge is 0.350 e. The SMILES string of the molecule is NC[C@H]1CCC[C@H]1C(=O)Nc1ncn(CC(=O)NCc2ccccc2)n1. The summed E-state index contributed by atoms with van der Waals surface area (Å²) in [5, 5.41) is 9.71. The highest BCUT2D eigenvalue weighted by atomic mass is 16.2. The normalized spacial score (nSPS) is 19.3. The van der Waals surface area contributed by atoms with Gasteiger partial charge in [0.25, 0.3) is 0 Å². The molecule has 1 heterocycles. The molecule has 0 saturated heterocycles. The first-order valence-corrected chi connectivity index (χ1v) is 8.86. The van der Waals surface area contributed by atoms with E-state index in [1.807, 2.05) is 30.3 Å². The Morgan fingerprint density at radius 1 is 1.23 bits per heavy atom. The van der Waals surface area contributed by atoms with Crippen LogP contribution in [0.15, 0.2) is 36.7 Å². The van der Waals surface area contributed by atoms with Crippen molar-refractivity contribution in [1.82, 2.24) is 20.1 Å². The first kappa shape index (κ1) is 18.1. The van der Waals surface area contributed by atoms with Gasteiger partial charge in [-0.2, -0.15) is 0 Å². The number of nitrogens with one attached hydrogen (secondary N) is 2. The fourth-order valence-corrected chi connectivity index (χ4v) is 3.29. The van der Waals surface area contributed by atoms with Crippen molar-refractivity contribution in [3.63, 3.8) is 0 Å². The van der Waals surface area contributed by atoms with Gasteiger partial charge in [-0.1, -0.05) is 36.8 Å². The number of hydrogen-bond acceptors (Lipinski definition) is 5. The summed E-state index contributed by atoms with van der Waals surface area (Å²) in [7, 11) is 0. The Morgan fingerprint density at radius 2 is 2.04 bits per heavy atom. The number of hydrogen-bond donors (Lipinski definition) is 3. The van der Waals surface area contributed by atoms with E-state index in [4.69, 9.17) is 5.73 Å². The average molecular weight is 356 g/mol. The molecule has 0 unspecified atom stereocenters. The molecule has 3 rings (SSSR count). The molecule has 1 aromatic heterocycles. The quantitative estimate of drug-likeness (QED) is 0.682. The van der Waals surface area contributed by atoms with Crippen molar-refractivity contribution in [3.05, 3.63) is 42.2 Å². The van der Waals surface area contributed by atoms with E-state index in [2.05, 4.69) is 20.7 Å². The van der Waals surface area contributed by atoms with Gasteiger partial charge in [-0.15, -0.1) is 5.10 Å². The Morgan fingerprint density at radius 3 is 2.81 bits per heavy atom. The van der Waals surface area contributed by atoms with Gasteiger partial charge in [0.15, 0.2) is 0 Å². The molecule has 2 atom stereocenters. The van der Waals surface area contributed by atoms with Gasteiger partial charge in [0.05, 0.1) is 0 Å². The summed E-state index contributed by atoms with van der Waals surface area (Å²) < 4.78 is 1.41. The van der Waals surface area contributed by atoms with Crippen LogP contribution >= 0.6 is 0 Å². The van der Waals surface area contributed by atoms with Crippen LogP contribution in [0.5, 0.6) is 0 Å². The van der Waals surface area contributed by atoms with E-state index in [1.54, 1.807) is 0 Å². The maximum absolute atomic E-state index is 12.3. The molecule has 138 valence electrons. The third-order valence-electron chi connectivity index (χ3n) is 4.71. The summed E-state index contributed by atoms with van der Waals surface area (Å²) in [6.07, 6.45) is 4.28. The summed E-state index contributed by atoms with van der Waals surface area (Å²) in [6, 6.07) is 9.67. The second-order valence-electron chi connectivity index (χ2n) is 6.55. The number of nitrogens with zero attached hydrogens (tertiary/aromatic N) is 3. The Hall–Kier alpha value is -2.74. The number of anilines is 1. The molecule has 0 aliphatic heterocycles. The number of amides is 2. The monoisotopic (exact) mass is 356 g/mol. The molecular weight excluding hydrogens is 332 g/mol. The van der Waals surface area contributed by atoms with Crippen LogP contribution in [0.25, 0.3) is 0 Å². The number of carbonyl (C=O) groups is 2. The summed E-state index contributed by atoms with van der Waals surface area (Å²) in [4.78, 5) is 28.4. The Kier molecular flexibility index (Phi) is 5.96. The van der Waals surface area contributed by atoms with Crippen molar-refractivity contribution in [2.75, 3.05) is 11.9 Å². The molecule has 4 N–H and O–H groups in total. The van der Waals surface area contributed by atoms with Crippen molar-refractivity contribution in [1.29, 1.82) is 0 Å². The number of carbonyl (C=O) groups excluding carboxylic acids is 2. The molecule has 8 heteroatoms. The molecule has 1 aliphatic rings. The molecule has 1 saturated carbocycles. The second-order valence-corrected chi connectivity index (χ2v) is 6.55. The van der Waals surface area contributed by atoms with E-state index in [9.17, 15) is 9.59 Å². The van der Waals surface area contributed by atoms with Gasteiger partial charge in [-0.25, -0.2) is 9.67 Å². The number of nitrogens with two attached hydrogens (primary N) is 1. The maximum atomic E-state index is 12.3. The van der Waals surface area contributed by atoms with E-state index in [0.29, 0.717) is 13.1 Å². The zero-order valence-electron chi connectivity index (χ0n) is 14.6. The van der Waals surface area contributed by atoms with Crippen molar-refractivity contribution in [2.24, 2.45) is 17.6 Å². The van der Waals surface area contributed by atoms with Crippen LogP contribution < -0.4 is 16.4 Å². The third kappa shape index (κ3) is 4.66. The molecule has 1 aromatic carbocycles. The molecule has 26 heavy (non-hydrogen) atoms. The molecular formula is C18H24N6O2. The van der Waals surface area contributed by atoms with Crippen molar-refractivity contribution >= 4 is 17.8 Å². The standard InChI is InChI=1S/C18H24N6O2/c19-9-14-7-4-8-15(14)17(26)22-18-21-12-24(23-18)11-16(25)20-10-13-5-2-1-3-6-13/h1-3,5-6,12,14-15H,4,7-11,19H2,(H,20,25)(H,22,23,26)/t14-,15-/m1/s1. The fourth-order valence-electron chi connectivity index (χ4n) is 3.29. The van der Waals surface area contributed by atoms with E-state index in [-0.39, 0.29) is 36.1 Å². The third-order valence-corrected chi connectivity index (χ3v) is 4.71. The van der Waals surface area contributed by atoms with E-state index >= 15 is 0 Å². The van der Waals surface area contributed by atoms with Crippen LogP contribution in [0.1, 0.15) is 24.8 Å². The molecule has 0 radical (unpaired) electrons. The van der Waals surface area contributed by atoms with Crippen LogP contribution in [0.2, 0.25) is 0 Å². The summed E-state index contributed by atoms with van der Waals surface area (Å²) >= 11 is 0. The highest BCUT2D eigenvalue weighted by Crippen LogP contribution is 2.31. The lowest BCUT2D eigenvalue weighted by Gasteiger charge is -2.15. The summed E-state index contributed by atoms with van der Waals surface area (Å²) in [6.45, 7) is 1.02. The zero-order chi connectivity index (χ0) is 18.4. The van der Waals surface area contributed by atoms with Gasteiger partial charge in [0.2, 0.25) is 17.8 Å². The minimum Gasteiger partial charge on any atom is -0.350 e. The smallest absolute Gasteiger partial charge is 0.248 e. The molecule has 2 amide bonds. The van der Waals surface area contributed by atoms with Gasteiger partial charge in [-0.05, 0) is 30.9 Å². The molecule has 8 nitrogen and oxygen atoms in total. The first-order valence-electron chi connectivity index (χ1n) is 8.86. The maximum Gasteiger partial charge on any atom is 0.248 e. The minimum atomic E-state index is -0.171. The molecule has 2 aromatic rings. The number of benzene rings is 1. The minimum absolute atomic E-state index is 0.0462. The van der Waals surface area contributed by atoms with E-state index in [1.165, 1.54) is 11.0 Å². The number of aromatic nitrogens is 3. The predicted octanol–water partition coefficient (Wildman–Crippen LogP) is 0.908. The van der Waals surface area contributed by atoms with Gasteiger partial charge >= 0.3 is 0 Å². The Balaban J connectivity index is 1.48. The Labute approximate surface area is 152 Å². The average Bonchev–Trinajstić information content (AvgIpc) is 3.30. The first-order chi connectivity index (χ1) is 12.7. The summed E-state index contributed by atoms with van der Waals surface area (Å²) in [5.74, 6) is 0.0929. The van der Waals surface area contributed by atoms with Crippen molar-refractivity contribution in [3.8, 4) is 0 Å². The lowest BCUT2D eigenvalue weighted by Crippen LogP contribution is -2.30. The topological polar surface area (TPSA) is 115 Å². The molecule has 0 spiro atoms. The Bertz CT molecular complexity index is 745. The van der Waals surface area contributed by atoms with E-state index < -0.39 is 0 Å². The van der Waals surface area contributed by atoms with Crippen LogP contribution in [0.4, 0.5) is 5.95 Å². The zero-order valence-corrected chi connectivity index (χ0v) is 14.6. The lowest BCUT2D eigenvalue weighted by molar-refractivity contribution is -0.122. The van der Waals surface area contributed by atoms with Crippen LogP contribution in [0.3, 0.4) is 0 Å². The lowest BCUT2D eigenvalue weighted by atomic mass is 9.95. The van der Waals surface area contributed by atoms with Gasteiger partial charge < -0.3 is 11.1 Å². The highest BCUT2D eigenvalue weighted by molar-refractivity contribution is 5.91. The van der Waals surface area contributed by atoms with Gasteiger partial charge in [0.1, 0.15) is 12.9 Å². The molecule has 0 bridgehead atoms.